The van der Waals surface area contributed by atoms with Gasteiger partial charge in [-0.1, -0.05) is 47.1 Å². The lowest BCUT2D eigenvalue weighted by atomic mass is 9.95. The highest BCUT2D eigenvalue weighted by Gasteiger charge is 2.33. The van der Waals surface area contributed by atoms with E-state index in [4.69, 9.17) is 16.4 Å². The minimum absolute atomic E-state index is 0.0512. The average Bonchev–Trinajstić information content (AvgIpc) is 2.86. The number of nitrogens with zero attached hydrogens (tertiary/aromatic N) is 1. The molecule has 6 nitrogen and oxygen atoms in total. The van der Waals surface area contributed by atoms with Gasteiger partial charge in [0.2, 0.25) is 5.91 Å². The fraction of sp³-hybridized carbons (Fsp3) is 0.240. The van der Waals surface area contributed by atoms with E-state index in [0.717, 1.165) is 18.2 Å². The van der Waals surface area contributed by atoms with Crippen LogP contribution in [0.3, 0.4) is 0 Å². The molecule has 220 valence electrons. The summed E-state index contributed by atoms with van der Waals surface area (Å²) in [5, 5.41) is 6.88. The molecular weight excluding hydrogens is 597 g/mol. The Morgan fingerprint density at radius 3 is 2.00 bits per heavy atom. The molecule has 0 bridgehead atoms. The average molecular weight is 614 g/mol. The summed E-state index contributed by atoms with van der Waals surface area (Å²) in [6.07, 6.45) is -16.0. The molecule has 41 heavy (non-hydrogen) atoms. The number of amides is 2. The minimum atomic E-state index is -4.84. The standard InChI is InChI=1S/C25H17ClF9N3O3/c26-14-7-13(25(33,34)35)8-15(9-14)41-38-20(10-23(27,28)29)18-5-6-19(17-4-2-1-3-16(17)18)22(40)36-11-21(39)37-12-24(30,31)32/h1-9H,10-12H2,(H,36,40)(H,37,39)/b38-20+. The number of benzene rings is 3. The maximum Gasteiger partial charge on any atom is 0.416 e. The lowest BCUT2D eigenvalue weighted by molar-refractivity contribution is -0.137. The second kappa shape index (κ2) is 12.2. The molecule has 2 amide bonds. The van der Waals surface area contributed by atoms with Crippen molar-refractivity contribution in [2.75, 3.05) is 13.1 Å². The Morgan fingerprint density at radius 2 is 1.41 bits per heavy atom. The topological polar surface area (TPSA) is 79.8 Å². The van der Waals surface area contributed by atoms with Crippen LogP contribution in [0, 0.1) is 0 Å². The van der Waals surface area contributed by atoms with Crippen LogP contribution in [-0.4, -0.2) is 43.0 Å². The zero-order valence-corrected chi connectivity index (χ0v) is 21.0. The van der Waals surface area contributed by atoms with Crippen LogP contribution in [0.5, 0.6) is 5.75 Å². The van der Waals surface area contributed by atoms with Crippen molar-refractivity contribution in [3.05, 3.63) is 76.3 Å². The second-order valence-corrected chi connectivity index (χ2v) is 8.81. The Kier molecular flexibility index (Phi) is 9.41. The number of rotatable bonds is 8. The Hall–Kier alpha value is -4.01. The van der Waals surface area contributed by atoms with Crippen LogP contribution in [0.2, 0.25) is 5.02 Å². The highest BCUT2D eigenvalue weighted by molar-refractivity contribution is 6.30. The molecule has 3 aromatic rings. The Labute approximate surface area is 230 Å². The van der Waals surface area contributed by atoms with Gasteiger partial charge in [-0.3, -0.25) is 9.59 Å². The molecule has 3 rings (SSSR count). The molecule has 0 saturated carbocycles. The van der Waals surface area contributed by atoms with Crippen LogP contribution in [0.15, 0.2) is 59.8 Å². The van der Waals surface area contributed by atoms with Gasteiger partial charge in [-0.05, 0) is 29.0 Å². The van der Waals surface area contributed by atoms with Crippen LogP contribution in [-0.2, 0) is 11.0 Å². The van der Waals surface area contributed by atoms with Gasteiger partial charge in [-0.15, -0.1) is 0 Å². The quantitative estimate of drug-likeness (QED) is 0.170. The van der Waals surface area contributed by atoms with Crippen LogP contribution < -0.4 is 15.5 Å². The number of halogens is 10. The number of carbonyl (C=O) groups is 2. The van der Waals surface area contributed by atoms with Gasteiger partial charge < -0.3 is 15.5 Å². The van der Waals surface area contributed by atoms with Crippen LogP contribution in [0.4, 0.5) is 39.5 Å². The summed E-state index contributed by atoms with van der Waals surface area (Å²) in [5.41, 5.74) is -2.29. The van der Waals surface area contributed by atoms with Crippen molar-refractivity contribution in [3.63, 3.8) is 0 Å². The first-order valence-corrected chi connectivity index (χ1v) is 11.6. The first-order valence-electron chi connectivity index (χ1n) is 11.2. The molecule has 0 aliphatic rings. The Morgan fingerprint density at radius 1 is 0.805 bits per heavy atom. The van der Waals surface area contributed by atoms with Crippen molar-refractivity contribution in [2.24, 2.45) is 5.16 Å². The van der Waals surface area contributed by atoms with Gasteiger partial charge in [-0.2, -0.15) is 39.5 Å². The zero-order valence-electron chi connectivity index (χ0n) is 20.3. The number of hydrogen-bond donors (Lipinski definition) is 2. The van der Waals surface area contributed by atoms with E-state index < -0.39 is 71.9 Å². The van der Waals surface area contributed by atoms with E-state index in [1.54, 1.807) is 5.32 Å². The van der Waals surface area contributed by atoms with Gasteiger partial charge in [0.15, 0.2) is 5.75 Å². The summed E-state index contributed by atoms with van der Waals surface area (Å²) in [4.78, 5) is 29.2. The highest BCUT2D eigenvalue weighted by atomic mass is 35.5. The molecule has 0 atom stereocenters. The van der Waals surface area contributed by atoms with Crippen molar-refractivity contribution >= 4 is 39.9 Å². The normalized spacial score (nSPS) is 12.8. The highest BCUT2D eigenvalue weighted by Crippen LogP contribution is 2.35. The molecule has 16 heteroatoms. The number of nitrogens with one attached hydrogen (secondary N) is 2. The van der Waals surface area contributed by atoms with E-state index in [-0.39, 0.29) is 21.9 Å². The third-order valence-corrected chi connectivity index (χ3v) is 5.42. The van der Waals surface area contributed by atoms with Crippen molar-refractivity contribution in [1.82, 2.24) is 10.6 Å². The van der Waals surface area contributed by atoms with E-state index in [2.05, 4.69) is 10.5 Å². The van der Waals surface area contributed by atoms with E-state index >= 15 is 0 Å². The third kappa shape index (κ3) is 9.27. The summed E-state index contributed by atoms with van der Waals surface area (Å²) >= 11 is 5.68. The summed E-state index contributed by atoms with van der Waals surface area (Å²) < 4.78 is 116. The predicted octanol–water partition coefficient (Wildman–Crippen LogP) is 6.66. The fourth-order valence-corrected chi connectivity index (χ4v) is 3.74. The number of oxime groups is 1. The molecule has 0 fully saturated rings. The Balaban J connectivity index is 1.95. The second-order valence-electron chi connectivity index (χ2n) is 8.38. The van der Waals surface area contributed by atoms with Gasteiger partial charge in [0, 0.05) is 22.2 Å². The van der Waals surface area contributed by atoms with Crippen LogP contribution >= 0.6 is 11.6 Å². The molecule has 0 radical (unpaired) electrons. The van der Waals surface area contributed by atoms with E-state index in [1.807, 2.05) is 0 Å². The molecule has 0 aliphatic heterocycles. The third-order valence-electron chi connectivity index (χ3n) is 5.20. The molecule has 0 unspecified atom stereocenters. The monoisotopic (exact) mass is 613 g/mol. The largest absolute Gasteiger partial charge is 0.416 e. The van der Waals surface area contributed by atoms with Crippen LogP contribution in [0.25, 0.3) is 10.8 Å². The first-order chi connectivity index (χ1) is 18.9. The van der Waals surface area contributed by atoms with Crippen molar-refractivity contribution in [3.8, 4) is 5.75 Å². The molecule has 0 aromatic heterocycles. The van der Waals surface area contributed by atoms with E-state index in [0.29, 0.717) is 12.1 Å². The maximum atomic E-state index is 13.4. The van der Waals surface area contributed by atoms with Crippen molar-refractivity contribution in [2.45, 2.75) is 24.9 Å². The zero-order chi connectivity index (χ0) is 30.6. The van der Waals surface area contributed by atoms with Crippen molar-refractivity contribution in [1.29, 1.82) is 0 Å². The summed E-state index contributed by atoms with van der Waals surface area (Å²) in [7, 11) is 0. The number of hydrogen-bond acceptors (Lipinski definition) is 4. The van der Waals surface area contributed by atoms with E-state index in [9.17, 15) is 49.1 Å². The number of carbonyl (C=O) groups excluding carboxylic acids is 2. The Bertz CT molecular complexity index is 1470. The molecule has 0 saturated heterocycles. The lowest BCUT2D eigenvalue weighted by Gasteiger charge is -2.15. The number of fused-ring (bicyclic) bond motifs is 1. The SMILES string of the molecule is O=C(CNC(=O)c1ccc(/C(CC(F)(F)F)=N/Oc2cc(Cl)cc(C(F)(F)F)c2)c2ccccc12)NCC(F)(F)F. The minimum Gasteiger partial charge on any atom is -0.357 e. The van der Waals surface area contributed by atoms with Gasteiger partial charge >= 0.3 is 18.5 Å². The van der Waals surface area contributed by atoms with Gasteiger partial charge in [0.25, 0.3) is 5.91 Å². The van der Waals surface area contributed by atoms with Crippen molar-refractivity contribution < 1.29 is 53.9 Å². The molecule has 3 aromatic carbocycles. The maximum absolute atomic E-state index is 13.4. The first kappa shape index (κ1) is 31.5. The summed E-state index contributed by atoms with van der Waals surface area (Å²) in [5.74, 6) is -2.64. The molecular formula is C25H17ClF9N3O3. The van der Waals surface area contributed by atoms with Gasteiger partial charge in [-0.25, -0.2) is 0 Å². The predicted molar refractivity (Wildman–Crippen MR) is 130 cm³/mol. The molecule has 2 N–H and O–H groups in total. The lowest BCUT2D eigenvalue weighted by Crippen LogP contribution is -2.40. The fourth-order valence-electron chi connectivity index (χ4n) is 3.52. The van der Waals surface area contributed by atoms with Crippen LogP contribution in [0.1, 0.15) is 27.9 Å². The van der Waals surface area contributed by atoms with Gasteiger partial charge in [0.05, 0.1) is 24.2 Å². The summed E-state index contributed by atoms with van der Waals surface area (Å²) in [6, 6.07) is 9.74. The van der Waals surface area contributed by atoms with E-state index in [1.165, 1.54) is 24.3 Å². The molecule has 0 heterocycles. The van der Waals surface area contributed by atoms with Gasteiger partial charge in [0.1, 0.15) is 6.54 Å². The summed E-state index contributed by atoms with van der Waals surface area (Å²) in [6.45, 7) is -2.44. The number of alkyl halides is 9. The molecule has 0 spiro atoms. The molecule has 0 aliphatic carbocycles. The smallest absolute Gasteiger partial charge is 0.357 e.